The molecule has 0 aliphatic rings. The van der Waals surface area contributed by atoms with Gasteiger partial charge in [-0.1, -0.05) is 30.3 Å². The summed E-state index contributed by atoms with van der Waals surface area (Å²) in [6, 6.07) is 15.0. The summed E-state index contributed by atoms with van der Waals surface area (Å²) in [6.07, 6.45) is 1.61. The Morgan fingerprint density at radius 3 is 2.39 bits per heavy atom. The van der Waals surface area contributed by atoms with Crippen molar-refractivity contribution >= 4 is 11.9 Å². The quantitative estimate of drug-likeness (QED) is 0.638. The Hall–Kier alpha value is -3.41. The zero-order valence-electron chi connectivity index (χ0n) is 16.5. The van der Waals surface area contributed by atoms with Gasteiger partial charge < -0.3 is 9.64 Å². The van der Waals surface area contributed by atoms with Crippen molar-refractivity contribution in [3.8, 4) is 5.69 Å². The molecule has 0 unspecified atom stereocenters. The summed E-state index contributed by atoms with van der Waals surface area (Å²) in [6.45, 7) is 4.34. The lowest BCUT2D eigenvalue weighted by Crippen LogP contribution is -2.26. The molecule has 0 saturated heterocycles. The van der Waals surface area contributed by atoms with Crippen molar-refractivity contribution in [3.05, 3.63) is 82.7 Å². The number of amides is 1. The molecule has 2 aromatic carbocycles. The summed E-state index contributed by atoms with van der Waals surface area (Å²) < 4.78 is 6.49. The number of carbonyl (C=O) groups is 2. The van der Waals surface area contributed by atoms with Gasteiger partial charge in [-0.15, -0.1) is 0 Å². The molecular formula is C22H23N3O3. The number of nitrogens with zero attached hydrogens (tertiary/aromatic N) is 3. The second kappa shape index (κ2) is 8.08. The second-order valence-corrected chi connectivity index (χ2v) is 6.69. The van der Waals surface area contributed by atoms with Crippen molar-refractivity contribution in [1.29, 1.82) is 0 Å². The van der Waals surface area contributed by atoms with Crippen LogP contribution in [0.3, 0.4) is 0 Å². The lowest BCUT2D eigenvalue weighted by molar-refractivity contribution is 0.0600. The van der Waals surface area contributed by atoms with E-state index in [1.165, 1.54) is 7.11 Å². The van der Waals surface area contributed by atoms with Crippen LogP contribution in [0.5, 0.6) is 0 Å². The molecule has 0 fully saturated rings. The van der Waals surface area contributed by atoms with Crippen molar-refractivity contribution in [3.63, 3.8) is 0 Å². The first kappa shape index (κ1) is 19.4. The van der Waals surface area contributed by atoms with E-state index >= 15 is 0 Å². The van der Waals surface area contributed by atoms with Gasteiger partial charge in [-0.3, -0.25) is 4.79 Å². The molecular weight excluding hydrogens is 354 g/mol. The molecule has 0 radical (unpaired) electrons. The Labute approximate surface area is 164 Å². The fourth-order valence-corrected chi connectivity index (χ4v) is 3.08. The molecule has 1 heterocycles. The third-order valence-corrected chi connectivity index (χ3v) is 4.73. The van der Waals surface area contributed by atoms with Gasteiger partial charge in [0.1, 0.15) is 0 Å². The molecule has 0 aliphatic heterocycles. The molecule has 6 nitrogen and oxygen atoms in total. The third-order valence-electron chi connectivity index (χ3n) is 4.73. The van der Waals surface area contributed by atoms with Gasteiger partial charge in [0.25, 0.3) is 5.91 Å². The number of carbonyl (C=O) groups excluding carboxylic acids is 2. The molecule has 1 aromatic heterocycles. The standard InChI is InChI=1S/C22H23N3O3/c1-15-7-5-6-8-20(15)25-16(2)19(13-23-25)21(26)24(3)14-17-9-11-18(12-10-17)22(27)28-4/h5-13H,14H2,1-4H3. The van der Waals surface area contributed by atoms with Gasteiger partial charge in [-0.05, 0) is 43.2 Å². The second-order valence-electron chi connectivity index (χ2n) is 6.69. The number of benzene rings is 2. The summed E-state index contributed by atoms with van der Waals surface area (Å²) in [7, 11) is 3.10. The highest BCUT2D eigenvalue weighted by molar-refractivity contribution is 5.95. The van der Waals surface area contributed by atoms with Gasteiger partial charge in [0.05, 0.1) is 35.8 Å². The Bertz CT molecular complexity index is 1010. The van der Waals surface area contributed by atoms with Crippen molar-refractivity contribution in [2.45, 2.75) is 20.4 Å². The summed E-state index contributed by atoms with van der Waals surface area (Å²) in [5.74, 6) is -0.482. The van der Waals surface area contributed by atoms with E-state index in [4.69, 9.17) is 4.74 Å². The van der Waals surface area contributed by atoms with E-state index in [0.717, 1.165) is 22.5 Å². The van der Waals surface area contributed by atoms with E-state index in [1.807, 2.05) is 50.2 Å². The fraction of sp³-hybridized carbons (Fsp3) is 0.227. The monoisotopic (exact) mass is 377 g/mol. The van der Waals surface area contributed by atoms with Gasteiger partial charge in [0.15, 0.2) is 0 Å². The van der Waals surface area contributed by atoms with E-state index in [1.54, 1.807) is 35.0 Å². The third kappa shape index (κ3) is 3.81. The van der Waals surface area contributed by atoms with E-state index in [9.17, 15) is 9.59 Å². The number of methoxy groups -OCH3 is 1. The molecule has 28 heavy (non-hydrogen) atoms. The number of para-hydroxylation sites is 1. The van der Waals surface area contributed by atoms with Gasteiger partial charge >= 0.3 is 5.97 Å². The average Bonchev–Trinajstić information content (AvgIpc) is 3.08. The molecule has 0 saturated carbocycles. The van der Waals surface area contributed by atoms with E-state index in [-0.39, 0.29) is 11.9 Å². The maximum Gasteiger partial charge on any atom is 0.337 e. The minimum absolute atomic E-state index is 0.102. The minimum Gasteiger partial charge on any atom is -0.465 e. The molecule has 0 bridgehead atoms. The number of ether oxygens (including phenoxy) is 1. The maximum atomic E-state index is 12.9. The van der Waals surface area contributed by atoms with Crippen LogP contribution in [0.25, 0.3) is 5.69 Å². The van der Waals surface area contributed by atoms with E-state index in [2.05, 4.69) is 5.10 Å². The molecule has 0 aliphatic carbocycles. The average molecular weight is 377 g/mol. The molecule has 3 aromatic rings. The Morgan fingerprint density at radius 2 is 1.75 bits per heavy atom. The van der Waals surface area contributed by atoms with Crippen LogP contribution in [-0.2, 0) is 11.3 Å². The molecule has 6 heteroatoms. The highest BCUT2D eigenvalue weighted by atomic mass is 16.5. The van der Waals surface area contributed by atoms with Gasteiger partial charge in [-0.25, -0.2) is 9.48 Å². The van der Waals surface area contributed by atoms with Crippen LogP contribution in [0.1, 0.15) is 37.5 Å². The van der Waals surface area contributed by atoms with Crippen LogP contribution in [0.15, 0.2) is 54.7 Å². The predicted octanol–water partition coefficient (Wildman–Crippen LogP) is 3.55. The molecule has 0 N–H and O–H groups in total. The van der Waals surface area contributed by atoms with Crippen molar-refractivity contribution in [1.82, 2.24) is 14.7 Å². The zero-order chi connectivity index (χ0) is 20.3. The number of hydrogen-bond donors (Lipinski definition) is 0. The SMILES string of the molecule is COC(=O)c1ccc(CN(C)C(=O)c2cnn(-c3ccccc3C)c2C)cc1. The lowest BCUT2D eigenvalue weighted by atomic mass is 10.1. The van der Waals surface area contributed by atoms with Crippen LogP contribution in [0, 0.1) is 13.8 Å². The number of aryl methyl sites for hydroxylation is 1. The van der Waals surface area contributed by atoms with Crippen LogP contribution < -0.4 is 0 Å². The lowest BCUT2D eigenvalue weighted by Gasteiger charge is -2.17. The van der Waals surface area contributed by atoms with E-state index in [0.29, 0.717) is 17.7 Å². The van der Waals surface area contributed by atoms with Crippen molar-refractivity contribution in [2.24, 2.45) is 0 Å². The summed E-state index contributed by atoms with van der Waals surface area (Å²) >= 11 is 0. The number of aromatic nitrogens is 2. The molecule has 0 spiro atoms. The highest BCUT2D eigenvalue weighted by Crippen LogP contribution is 2.19. The zero-order valence-corrected chi connectivity index (χ0v) is 16.5. The Morgan fingerprint density at radius 1 is 1.07 bits per heavy atom. The molecule has 0 atom stereocenters. The number of hydrogen-bond acceptors (Lipinski definition) is 4. The topological polar surface area (TPSA) is 64.4 Å². The number of esters is 1. The Kier molecular flexibility index (Phi) is 5.59. The summed E-state index contributed by atoms with van der Waals surface area (Å²) in [5.41, 5.74) is 4.82. The van der Waals surface area contributed by atoms with Crippen molar-refractivity contribution in [2.75, 3.05) is 14.2 Å². The van der Waals surface area contributed by atoms with Gasteiger partial charge in [-0.2, -0.15) is 5.10 Å². The smallest absolute Gasteiger partial charge is 0.337 e. The van der Waals surface area contributed by atoms with Crippen LogP contribution in [-0.4, -0.2) is 40.7 Å². The normalized spacial score (nSPS) is 10.6. The highest BCUT2D eigenvalue weighted by Gasteiger charge is 2.19. The Balaban J connectivity index is 1.77. The molecule has 144 valence electrons. The maximum absolute atomic E-state index is 12.9. The fourth-order valence-electron chi connectivity index (χ4n) is 3.08. The first-order chi connectivity index (χ1) is 13.4. The van der Waals surface area contributed by atoms with Gasteiger partial charge in [0, 0.05) is 13.6 Å². The van der Waals surface area contributed by atoms with Gasteiger partial charge in [0.2, 0.25) is 0 Å². The molecule has 1 amide bonds. The minimum atomic E-state index is -0.379. The molecule has 3 rings (SSSR count). The summed E-state index contributed by atoms with van der Waals surface area (Å²) in [4.78, 5) is 26.1. The predicted molar refractivity (Wildman–Crippen MR) is 107 cm³/mol. The van der Waals surface area contributed by atoms with Crippen LogP contribution in [0.2, 0.25) is 0 Å². The first-order valence-electron chi connectivity index (χ1n) is 8.95. The van der Waals surface area contributed by atoms with E-state index < -0.39 is 0 Å². The van der Waals surface area contributed by atoms with Crippen LogP contribution in [0.4, 0.5) is 0 Å². The number of rotatable bonds is 5. The first-order valence-corrected chi connectivity index (χ1v) is 8.95. The largest absolute Gasteiger partial charge is 0.465 e. The summed E-state index contributed by atoms with van der Waals surface area (Å²) in [5, 5.41) is 4.42. The van der Waals surface area contributed by atoms with Crippen LogP contribution >= 0.6 is 0 Å². The van der Waals surface area contributed by atoms with Crippen molar-refractivity contribution < 1.29 is 14.3 Å².